The molecule has 2 heterocycles. The molecule has 2 aromatic carbocycles. The van der Waals surface area contributed by atoms with Crippen molar-refractivity contribution in [2.75, 3.05) is 25.4 Å². The normalized spacial score (nSPS) is 22.5. The Morgan fingerprint density at radius 2 is 1.76 bits per heavy atom. The molecule has 4 rings (SSSR count). The molecule has 1 atom stereocenters. The van der Waals surface area contributed by atoms with Crippen LogP contribution in [0.4, 0.5) is 5.69 Å². The zero-order chi connectivity index (χ0) is 20.6. The van der Waals surface area contributed by atoms with E-state index in [-0.39, 0.29) is 5.60 Å². The Hall–Kier alpha value is -2.04. The van der Waals surface area contributed by atoms with Gasteiger partial charge in [-0.25, -0.2) is 0 Å². The number of nitrogens with zero attached hydrogens (tertiary/aromatic N) is 1. The molecular formula is C25H34N2O2. The van der Waals surface area contributed by atoms with Crippen molar-refractivity contribution in [3.05, 3.63) is 58.1 Å². The molecule has 2 aliphatic heterocycles. The van der Waals surface area contributed by atoms with Crippen molar-refractivity contribution < 1.29 is 9.47 Å². The number of hydrogen-bond donors (Lipinski definition) is 1. The minimum atomic E-state index is -0.185. The lowest BCUT2D eigenvalue weighted by atomic mass is 9.91. The second-order valence-electron chi connectivity index (χ2n) is 9.10. The average molecular weight is 395 g/mol. The van der Waals surface area contributed by atoms with E-state index in [2.05, 4.69) is 56.9 Å². The van der Waals surface area contributed by atoms with Gasteiger partial charge in [-0.15, -0.1) is 0 Å². The van der Waals surface area contributed by atoms with Crippen molar-refractivity contribution in [2.45, 2.75) is 65.3 Å². The van der Waals surface area contributed by atoms with Crippen molar-refractivity contribution in [2.24, 2.45) is 0 Å². The first-order chi connectivity index (χ1) is 13.9. The van der Waals surface area contributed by atoms with Crippen LogP contribution in [0, 0.1) is 20.8 Å². The molecule has 2 aliphatic rings. The van der Waals surface area contributed by atoms with E-state index < -0.39 is 0 Å². The SMILES string of the molecule is Cc1c(C)c2c(c(C)c1N)CC(C)(CN1CCC(OCc3ccccc3)CC1)O2. The predicted molar refractivity (Wildman–Crippen MR) is 118 cm³/mol. The maximum absolute atomic E-state index is 6.55. The van der Waals surface area contributed by atoms with Gasteiger partial charge >= 0.3 is 0 Å². The first-order valence-corrected chi connectivity index (χ1v) is 10.8. The predicted octanol–water partition coefficient (Wildman–Crippen LogP) is 4.57. The lowest BCUT2D eigenvalue weighted by Gasteiger charge is -2.37. The summed E-state index contributed by atoms with van der Waals surface area (Å²) in [5.41, 5.74) is 13.2. The summed E-state index contributed by atoms with van der Waals surface area (Å²) in [5, 5.41) is 0. The summed E-state index contributed by atoms with van der Waals surface area (Å²) in [6, 6.07) is 10.4. The van der Waals surface area contributed by atoms with Gasteiger partial charge in [0.05, 0.1) is 12.7 Å². The lowest BCUT2D eigenvalue weighted by Crippen LogP contribution is -2.48. The fourth-order valence-corrected chi connectivity index (χ4v) is 4.80. The number of nitrogen functional groups attached to an aromatic ring is 1. The molecule has 0 aromatic heterocycles. The number of piperidine rings is 1. The number of likely N-dealkylation sites (tertiary alicyclic amines) is 1. The lowest BCUT2D eigenvalue weighted by molar-refractivity contribution is -0.0184. The van der Waals surface area contributed by atoms with E-state index in [1.807, 2.05) is 6.07 Å². The Kier molecular flexibility index (Phi) is 5.58. The first kappa shape index (κ1) is 20.2. The van der Waals surface area contributed by atoms with Crippen LogP contribution >= 0.6 is 0 Å². The number of fused-ring (bicyclic) bond motifs is 1. The van der Waals surface area contributed by atoms with E-state index in [1.54, 1.807) is 0 Å². The van der Waals surface area contributed by atoms with Crippen LogP contribution < -0.4 is 10.5 Å². The minimum absolute atomic E-state index is 0.185. The molecule has 0 aliphatic carbocycles. The minimum Gasteiger partial charge on any atom is -0.485 e. The Bertz CT molecular complexity index is 833. The number of rotatable bonds is 5. The topological polar surface area (TPSA) is 47.7 Å². The van der Waals surface area contributed by atoms with E-state index in [4.69, 9.17) is 15.2 Å². The molecule has 156 valence electrons. The van der Waals surface area contributed by atoms with Crippen molar-refractivity contribution in [3.8, 4) is 5.75 Å². The Morgan fingerprint density at radius 1 is 1.07 bits per heavy atom. The van der Waals surface area contributed by atoms with Crippen LogP contribution in [0.15, 0.2) is 30.3 Å². The van der Waals surface area contributed by atoms with Crippen molar-refractivity contribution in [1.29, 1.82) is 0 Å². The van der Waals surface area contributed by atoms with E-state index in [0.29, 0.717) is 12.7 Å². The molecule has 4 nitrogen and oxygen atoms in total. The molecule has 1 unspecified atom stereocenters. The maximum Gasteiger partial charge on any atom is 0.127 e. The van der Waals surface area contributed by atoms with E-state index in [0.717, 1.165) is 55.9 Å². The summed E-state index contributed by atoms with van der Waals surface area (Å²) in [7, 11) is 0. The zero-order valence-electron chi connectivity index (χ0n) is 18.3. The van der Waals surface area contributed by atoms with Gasteiger partial charge in [0, 0.05) is 37.3 Å². The Balaban J connectivity index is 1.33. The molecule has 0 spiro atoms. The van der Waals surface area contributed by atoms with Gasteiger partial charge in [-0.05, 0) is 62.8 Å². The van der Waals surface area contributed by atoms with Gasteiger partial charge in [0.15, 0.2) is 0 Å². The molecule has 0 radical (unpaired) electrons. The van der Waals surface area contributed by atoms with Crippen molar-refractivity contribution in [3.63, 3.8) is 0 Å². The second kappa shape index (κ2) is 8.00. The highest BCUT2D eigenvalue weighted by Crippen LogP contribution is 2.44. The number of anilines is 1. The van der Waals surface area contributed by atoms with Crippen LogP contribution in [0.2, 0.25) is 0 Å². The van der Waals surface area contributed by atoms with Crippen LogP contribution in [-0.4, -0.2) is 36.2 Å². The first-order valence-electron chi connectivity index (χ1n) is 10.8. The number of benzene rings is 2. The summed E-state index contributed by atoms with van der Waals surface area (Å²) < 4.78 is 12.7. The smallest absolute Gasteiger partial charge is 0.127 e. The summed E-state index contributed by atoms with van der Waals surface area (Å²) in [6.07, 6.45) is 3.46. The molecule has 4 heteroatoms. The van der Waals surface area contributed by atoms with Gasteiger partial charge in [-0.1, -0.05) is 30.3 Å². The van der Waals surface area contributed by atoms with E-state index in [1.165, 1.54) is 22.3 Å². The standard InChI is InChI=1S/C25H34N2O2/c1-17-18(2)24-22(19(3)23(17)26)14-25(4,29-24)16-27-12-10-21(11-13-27)28-15-20-8-6-5-7-9-20/h5-9,21H,10-16,26H2,1-4H3. The Morgan fingerprint density at radius 3 is 2.45 bits per heavy atom. The van der Waals surface area contributed by atoms with Gasteiger partial charge in [0.2, 0.25) is 0 Å². The quantitative estimate of drug-likeness (QED) is 0.755. The van der Waals surface area contributed by atoms with Crippen LogP contribution in [-0.2, 0) is 17.8 Å². The summed E-state index contributed by atoms with van der Waals surface area (Å²) in [6.45, 7) is 12.4. The fourth-order valence-electron chi connectivity index (χ4n) is 4.80. The highest BCUT2D eigenvalue weighted by molar-refractivity contribution is 5.66. The highest BCUT2D eigenvalue weighted by atomic mass is 16.5. The fraction of sp³-hybridized carbons (Fsp3) is 0.520. The summed E-state index contributed by atoms with van der Waals surface area (Å²) in [4.78, 5) is 2.54. The van der Waals surface area contributed by atoms with E-state index >= 15 is 0 Å². The molecule has 1 fully saturated rings. The van der Waals surface area contributed by atoms with Gasteiger partial charge in [0.25, 0.3) is 0 Å². The van der Waals surface area contributed by atoms with Crippen molar-refractivity contribution in [1.82, 2.24) is 4.90 Å². The largest absolute Gasteiger partial charge is 0.485 e. The molecule has 2 N–H and O–H groups in total. The van der Waals surface area contributed by atoms with E-state index in [9.17, 15) is 0 Å². The maximum atomic E-state index is 6.55. The third kappa shape index (κ3) is 4.15. The van der Waals surface area contributed by atoms with Gasteiger partial charge in [0.1, 0.15) is 11.4 Å². The Labute approximate surface area is 175 Å². The van der Waals surface area contributed by atoms with Crippen molar-refractivity contribution >= 4 is 5.69 Å². The molecule has 29 heavy (non-hydrogen) atoms. The third-order valence-corrected chi connectivity index (χ3v) is 6.76. The van der Waals surface area contributed by atoms with Crippen LogP contribution in [0.3, 0.4) is 0 Å². The number of hydrogen-bond acceptors (Lipinski definition) is 4. The molecule has 0 amide bonds. The summed E-state index contributed by atoms with van der Waals surface area (Å²) in [5.74, 6) is 1.07. The number of ether oxygens (including phenoxy) is 2. The third-order valence-electron chi connectivity index (χ3n) is 6.76. The highest BCUT2D eigenvalue weighted by Gasteiger charge is 2.39. The zero-order valence-corrected chi connectivity index (χ0v) is 18.3. The molecule has 0 saturated carbocycles. The second-order valence-corrected chi connectivity index (χ2v) is 9.10. The van der Waals surface area contributed by atoms with Gasteiger partial charge in [-0.3, -0.25) is 4.90 Å². The average Bonchev–Trinajstić information content (AvgIpc) is 3.08. The van der Waals surface area contributed by atoms with Crippen LogP contribution in [0.5, 0.6) is 5.75 Å². The number of nitrogens with two attached hydrogens (primary N) is 1. The van der Waals surface area contributed by atoms with Crippen LogP contribution in [0.25, 0.3) is 0 Å². The molecule has 2 aromatic rings. The summed E-state index contributed by atoms with van der Waals surface area (Å²) >= 11 is 0. The van der Waals surface area contributed by atoms with Crippen LogP contribution in [0.1, 0.15) is 47.6 Å². The molecular weight excluding hydrogens is 360 g/mol. The molecule has 1 saturated heterocycles. The van der Waals surface area contributed by atoms with Gasteiger partial charge in [-0.2, -0.15) is 0 Å². The van der Waals surface area contributed by atoms with Gasteiger partial charge < -0.3 is 15.2 Å². The monoisotopic (exact) mass is 394 g/mol. The molecule has 0 bridgehead atoms.